The highest BCUT2D eigenvalue weighted by molar-refractivity contribution is 5.44. The van der Waals surface area contributed by atoms with E-state index in [0.717, 1.165) is 51.2 Å². The number of nitrogens with zero attached hydrogens (tertiary/aromatic N) is 5. The van der Waals surface area contributed by atoms with Crippen LogP contribution in [0.3, 0.4) is 0 Å². The Morgan fingerprint density at radius 1 is 1.04 bits per heavy atom. The minimum Gasteiger partial charge on any atom is -0.432 e. The molecular weight excluding hydrogens is 335 g/mol. The molecule has 0 radical (unpaired) electrons. The normalized spacial score (nSPS) is 19.2. The molecule has 4 rings (SSSR count). The number of hydrogen-bond donors (Lipinski definition) is 0. The van der Waals surface area contributed by atoms with E-state index >= 15 is 0 Å². The number of halogens is 3. The second-order valence-electron chi connectivity index (χ2n) is 6.43. The minimum absolute atomic E-state index is 0.162. The fourth-order valence-electron chi connectivity index (χ4n) is 3.38. The van der Waals surface area contributed by atoms with Crippen molar-refractivity contribution in [3.63, 3.8) is 0 Å². The molecule has 0 N–H and O–H groups in total. The summed E-state index contributed by atoms with van der Waals surface area (Å²) in [5.74, 6) is 0.374. The number of hydrogen-bond acceptors (Lipinski definition) is 6. The van der Waals surface area contributed by atoms with Crippen molar-refractivity contribution >= 4 is 11.8 Å². The fraction of sp³-hybridized carbons (Fsp3) is 0.562. The average Bonchev–Trinajstić information content (AvgIpc) is 3.27. The maximum Gasteiger partial charge on any atom is 0.433 e. The van der Waals surface area contributed by atoms with Crippen molar-refractivity contribution in [3.8, 4) is 0 Å². The SMILES string of the molecule is FC(F)(F)c1cc(N(C2CC2)C2CCN(c3ncco3)CC2)ncn1. The molecule has 0 unspecified atom stereocenters. The van der Waals surface area contributed by atoms with Gasteiger partial charge >= 0.3 is 6.18 Å². The molecule has 1 saturated carbocycles. The molecule has 2 fully saturated rings. The first kappa shape index (κ1) is 16.2. The molecule has 0 aromatic carbocycles. The first-order valence-electron chi connectivity index (χ1n) is 8.34. The maximum atomic E-state index is 13.0. The number of aromatic nitrogens is 3. The van der Waals surface area contributed by atoms with Gasteiger partial charge in [0, 0.05) is 31.2 Å². The first-order chi connectivity index (χ1) is 12.0. The van der Waals surface area contributed by atoms with Crippen molar-refractivity contribution in [2.24, 2.45) is 0 Å². The molecule has 134 valence electrons. The summed E-state index contributed by atoms with van der Waals surface area (Å²) in [5.41, 5.74) is -0.889. The van der Waals surface area contributed by atoms with E-state index in [2.05, 4.69) is 24.8 Å². The predicted octanol–water partition coefficient (Wildman–Crippen LogP) is 3.12. The largest absolute Gasteiger partial charge is 0.433 e. The van der Waals surface area contributed by atoms with E-state index in [9.17, 15) is 13.2 Å². The number of piperidine rings is 1. The molecule has 25 heavy (non-hydrogen) atoms. The molecule has 0 amide bonds. The summed E-state index contributed by atoms with van der Waals surface area (Å²) in [6.07, 6.45) is 3.33. The molecule has 1 aliphatic heterocycles. The van der Waals surface area contributed by atoms with Gasteiger partial charge in [-0.3, -0.25) is 0 Å². The summed E-state index contributed by atoms with van der Waals surface area (Å²) < 4.78 is 44.2. The number of alkyl halides is 3. The van der Waals surface area contributed by atoms with Gasteiger partial charge in [-0.1, -0.05) is 0 Å². The van der Waals surface area contributed by atoms with Crippen LogP contribution in [0.15, 0.2) is 29.3 Å². The summed E-state index contributed by atoms with van der Waals surface area (Å²) >= 11 is 0. The molecular formula is C16H18F3N5O. The van der Waals surface area contributed by atoms with Gasteiger partial charge in [0.1, 0.15) is 24.1 Å². The molecule has 1 aliphatic carbocycles. The third kappa shape index (κ3) is 3.40. The van der Waals surface area contributed by atoms with E-state index in [-0.39, 0.29) is 12.1 Å². The van der Waals surface area contributed by atoms with Gasteiger partial charge in [-0.2, -0.15) is 13.2 Å². The van der Waals surface area contributed by atoms with Crippen LogP contribution in [0.1, 0.15) is 31.4 Å². The Kier molecular flexibility index (Phi) is 4.01. The van der Waals surface area contributed by atoms with Crippen LogP contribution in [-0.4, -0.2) is 40.1 Å². The molecule has 1 saturated heterocycles. The topological polar surface area (TPSA) is 58.3 Å². The summed E-state index contributed by atoms with van der Waals surface area (Å²) in [4.78, 5) is 15.8. The molecule has 2 aromatic rings. The summed E-state index contributed by atoms with van der Waals surface area (Å²) in [6, 6.07) is 2.10. The molecule has 9 heteroatoms. The third-order valence-electron chi connectivity index (χ3n) is 4.70. The fourth-order valence-corrected chi connectivity index (χ4v) is 3.38. The van der Waals surface area contributed by atoms with Crippen LogP contribution in [0, 0.1) is 0 Å². The van der Waals surface area contributed by atoms with Crippen LogP contribution in [0.5, 0.6) is 0 Å². The lowest BCUT2D eigenvalue weighted by atomic mass is 10.0. The lowest BCUT2D eigenvalue weighted by molar-refractivity contribution is -0.141. The summed E-state index contributed by atoms with van der Waals surface area (Å²) in [6.45, 7) is 1.51. The molecule has 6 nitrogen and oxygen atoms in total. The average molecular weight is 353 g/mol. The smallest absolute Gasteiger partial charge is 0.432 e. The summed E-state index contributed by atoms with van der Waals surface area (Å²) in [5, 5.41) is 0. The van der Waals surface area contributed by atoms with Crippen molar-refractivity contribution < 1.29 is 17.6 Å². The van der Waals surface area contributed by atoms with Gasteiger partial charge in [-0.05, 0) is 25.7 Å². The molecule has 0 atom stereocenters. The zero-order valence-electron chi connectivity index (χ0n) is 13.5. The quantitative estimate of drug-likeness (QED) is 0.842. The van der Waals surface area contributed by atoms with Crippen molar-refractivity contribution in [1.82, 2.24) is 15.0 Å². The molecule has 3 heterocycles. The van der Waals surface area contributed by atoms with E-state index in [1.165, 1.54) is 6.26 Å². The van der Waals surface area contributed by atoms with Crippen molar-refractivity contribution in [2.45, 2.75) is 43.9 Å². The van der Waals surface area contributed by atoms with Crippen LogP contribution in [0.2, 0.25) is 0 Å². The Hall–Kier alpha value is -2.32. The van der Waals surface area contributed by atoms with Gasteiger partial charge in [-0.15, -0.1) is 0 Å². The highest BCUT2D eigenvalue weighted by atomic mass is 19.4. The Morgan fingerprint density at radius 3 is 2.36 bits per heavy atom. The molecule has 2 aliphatic rings. The van der Waals surface area contributed by atoms with E-state index in [1.54, 1.807) is 6.20 Å². The van der Waals surface area contributed by atoms with Gasteiger partial charge in [0.15, 0.2) is 0 Å². The summed E-state index contributed by atoms with van der Waals surface area (Å²) in [7, 11) is 0. The van der Waals surface area contributed by atoms with Crippen LogP contribution in [0.4, 0.5) is 25.0 Å². The van der Waals surface area contributed by atoms with Gasteiger partial charge in [0.25, 0.3) is 6.01 Å². The number of anilines is 2. The van der Waals surface area contributed by atoms with E-state index in [0.29, 0.717) is 11.8 Å². The highest BCUT2D eigenvalue weighted by Gasteiger charge is 2.39. The van der Waals surface area contributed by atoms with Gasteiger partial charge in [0.05, 0.1) is 6.20 Å². The zero-order chi connectivity index (χ0) is 17.4. The lowest BCUT2D eigenvalue weighted by Crippen LogP contribution is -2.46. The van der Waals surface area contributed by atoms with E-state index in [1.807, 2.05) is 0 Å². The highest BCUT2D eigenvalue weighted by Crippen LogP contribution is 2.37. The monoisotopic (exact) mass is 353 g/mol. The molecule has 2 aromatic heterocycles. The van der Waals surface area contributed by atoms with E-state index in [4.69, 9.17) is 4.42 Å². The third-order valence-corrected chi connectivity index (χ3v) is 4.70. The second-order valence-corrected chi connectivity index (χ2v) is 6.43. The first-order valence-corrected chi connectivity index (χ1v) is 8.34. The van der Waals surface area contributed by atoms with Gasteiger partial charge < -0.3 is 14.2 Å². The molecule has 0 bridgehead atoms. The predicted molar refractivity (Wildman–Crippen MR) is 84.3 cm³/mol. The standard InChI is InChI=1S/C16H18F3N5O/c17-16(18,19)13-9-14(22-10-21-13)24(11-1-2-11)12-3-6-23(7-4-12)15-20-5-8-25-15/h5,8-12H,1-4,6-7H2. The zero-order valence-corrected chi connectivity index (χ0v) is 13.5. The number of rotatable bonds is 4. The van der Waals surface area contributed by atoms with Crippen LogP contribution in [-0.2, 0) is 6.18 Å². The van der Waals surface area contributed by atoms with Crippen molar-refractivity contribution in [3.05, 3.63) is 30.5 Å². The lowest BCUT2D eigenvalue weighted by Gasteiger charge is -2.39. The number of oxazole rings is 1. The Labute approximate surface area is 142 Å². The van der Waals surface area contributed by atoms with Crippen LogP contribution >= 0.6 is 0 Å². The van der Waals surface area contributed by atoms with Gasteiger partial charge in [-0.25, -0.2) is 15.0 Å². The van der Waals surface area contributed by atoms with Crippen LogP contribution < -0.4 is 9.80 Å². The minimum atomic E-state index is -4.46. The maximum absolute atomic E-state index is 13.0. The second kappa shape index (κ2) is 6.20. The van der Waals surface area contributed by atoms with Gasteiger partial charge in [0.2, 0.25) is 0 Å². The molecule has 0 spiro atoms. The Balaban J connectivity index is 1.51. The van der Waals surface area contributed by atoms with Crippen molar-refractivity contribution in [2.75, 3.05) is 22.9 Å². The van der Waals surface area contributed by atoms with Crippen molar-refractivity contribution in [1.29, 1.82) is 0 Å². The van der Waals surface area contributed by atoms with E-state index < -0.39 is 11.9 Å². The Bertz CT molecular complexity index is 709. The Morgan fingerprint density at radius 2 is 1.76 bits per heavy atom. The van der Waals surface area contributed by atoms with Crippen LogP contribution in [0.25, 0.3) is 0 Å².